The monoisotopic (exact) mass is 231 g/mol. The van der Waals surface area contributed by atoms with Gasteiger partial charge in [-0.3, -0.25) is 4.79 Å². The summed E-state index contributed by atoms with van der Waals surface area (Å²) in [5.41, 5.74) is 0. The molecule has 1 atom stereocenters. The Morgan fingerprint density at radius 2 is 2.38 bits per heavy atom. The first-order chi connectivity index (χ1) is 7.74. The van der Waals surface area contributed by atoms with Crippen LogP contribution in [0.1, 0.15) is 0 Å². The van der Waals surface area contributed by atoms with Gasteiger partial charge in [0.15, 0.2) is 0 Å². The largest absolute Gasteiger partial charge is 0.461 e. The van der Waals surface area contributed by atoms with Gasteiger partial charge in [-0.2, -0.15) is 0 Å². The standard InChI is InChI=1S/C6H9NO3.C4H8O2/c1-2-6(9)10-4-3-7-5-8;1-5-2-4-3-6-4/h2,5H,1,3-4H2,(H,7,8);4H,2-3H2,1H3. The molecule has 1 amide bonds. The lowest BCUT2D eigenvalue weighted by Gasteiger charge is -1.98. The summed E-state index contributed by atoms with van der Waals surface area (Å²) in [6.07, 6.45) is 2.04. The number of amides is 1. The van der Waals surface area contributed by atoms with E-state index >= 15 is 0 Å². The molecule has 0 bridgehead atoms. The molecule has 6 heteroatoms. The fourth-order valence-corrected chi connectivity index (χ4v) is 0.679. The molecule has 1 N–H and O–H groups in total. The van der Waals surface area contributed by atoms with Crippen molar-refractivity contribution in [3.05, 3.63) is 12.7 Å². The summed E-state index contributed by atoms with van der Waals surface area (Å²) < 4.78 is 14.1. The number of esters is 1. The summed E-state index contributed by atoms with van der Waals surface area (Å²) >= 11 is 0. The van der Waals surface area contributed by atoms with Crippen LogP contribution in [0.5, 0.6) is 0 Å². The molecule has 6 nitrogen and oxygen atoms in total. The van der Waals surface area contributed by atoms with Gasteiger partial charge in [-0.1, -0.05) is 6.58 Å². The second-order valence-electron chi connectivity index (χ2n) is 2.85. The van der Waals surface area contributed by atoms with Gasteiger partial charge in [-0.05, 0) is 0 Å². The van der Waals surface area contributed by atoms with Crippen LogP contribution >= 0.6 is 0 Å². The van der Waals surface area contributed by atoms with Crippen LogP contribution in [0.3, 0.4) is 0 Å². The molecule has 1 aliphatic rings. The Labute approximate surface area is 94.5 Å². The van der Waals surface area contributed by atoms with Crippen LogP contribution in [0.15, 0.2) is 12.7 Å². The number of rotatable bonds is 7. The van der Waals surface area contributed by atoms with E-state index in [1.165, 1.54) is 0 Å². The highest BCUT2D eigenvalue weighted by Crippen LogP contribution is 2.06. The number of nitrogens with one attached hydrogen (secondary N) is 1. The van der Waals surface area contributed by atoms with Gasteiger partial charge in [-0.15, -0.1) is 0 Å². The average molecular weight is 231 g/mol. The van der Waals surface area contributed by atoms with Crippen LogP contribution in [-0.4, -0.2) is 52.0 Å². The van der Waals surface area contributed by atoms with E-state index in [1.807, 2.05) is 0 Å². The van der Waals surface area contributed by atoms with Crippen molar-refractivity contribution in [2.45, 2.75) is 6.10 Å². The lowest BCUT2D eigenvalue weighted by molar-refractivity contribution is -0.137. The molecule has 0 aromatic rings. The van der Waals surface area contributed by atoms with Crippen LogP contribution < -0.4 is 5.32 Å². The highest BCUT2D eigenvalue weighted by molar-refractivity contribution is 5.81. The summed E-state index contributed by atoms with van der Waals surface area (Å²) in [4.78, 5) is 20.0. The van der Waals surface area contributed by atoms with Crippen molar-refractivity contribution in [2.75, 3.05) is 33.5 Å². The predicted molar refractivity (Wildman–Crippen MR) is 56.8 cm³/mol. The highest BCUT2D eigenvalue weighted by atomic mass is 16.6. The molecule has 92 valence electrons. The lowest BCUT2D eigenvalue weighted by atomic mass is 10.5. The Balaban J connectivity index is 0.000000315. The quantitative estimate of drug-likeness (QED) is 0.210. The van der Waals surface area contributed by atoms with Gasteiger partial charge in [0.1, 0.15) is 12.7 Å². The van der Waals surface area contributed by atoms with Crippen molar-refractivity contribution < 1.29 is 23.8 Å². The number of hydrogen-bond donors (Lipinski definition) is 1. The lowest BCUT2D eigenvalue weighted by Crippen LogP contribution is -2.18. The maximum atomic E-state index is 10.3. The molecule has 1 unspecified atom stereocenters. The molecule has 16 heavy (non-hydrogen) atoms. The molecule has 1 aliphatic heterocycles. The first kappa shape index (κ1) is 14.6. The Hall–Kier alpha value is -1.40. The van der Waals surface area contributed by atoms with E-state index in [4.69, 9.17) is 9.47 Å². The van der Waals surface area contributed by atoms with Gasteiger partial charge in [-0.25, -0.2) is 4.79 Å². The average Bonchev–Trinajstić information content (AvgIpc) is 3.09. The summed E-state index contributed by atoms with van der Waals surface area (Å²) in [5, 5.41) is 2.34. The molecular formula is C10H17NO5. The molecule has 0 saturated carbocycles. The number of carbonyl (C=O) groups is 2. The van der Waals surface area contributed by atoms with Crippen LogP contribution in [-0.2, 0) is 23.8 Å². The van der Waals surface area contributed by atoms with Crippen LogP contribution in [0, 0.1) is 0 Å². The van der Waals surface area contributed by atoms with E-state index in [0.29, 0.717) is 19.1 Å². The zero-order valence-corrected chi connectivity index (χ0v) is 9.31. The van der Waals surface area contributed by atoms with E-state index < -0.39 is 5.97 Å². The normalized spacial score (nSPS) is 16.4. The van der Waals surface area contributed by atoms with Crippen molar-refractivity contribution in [1.29, 1.82) is 0 Å². The van der Waals surface area contributed by atoms with Crippen molar-refractivity contribution in [2.24, 2.45) is 0 Å². The molecule has 1 saturated heterocycles. The minimum absolute atomic E-state index is 0.184. The maximum absolute atomic E-state index is 10.3. The fourth-order valence-electron chi connectivity index (χ4n) is 0.679. The van der Waals surface area contributed by atoms with Crippen molar-refractivity contribution >= 4 is 12.4 Å². The number of methoxy groups -OCH3 is 1. The topological polar surface area (TPSA) is 77.2 Å². The molecule has 0 spiro atoms. The zero-order chi connectivity index (χ0) is 12.2. The van der Waals surface area contributed by atoms with Gasteiger partial charge in [0.05, 0.1) is 19.8 Å². The fraction of sp³-hybridized carbons (Fsp3) is 0.600. The highest BCUT2D eigenvalue weighted by Gasteiger charge is 2.21. The Morgan fingerprint density at radius 1 is 1.69 bits per heavy atom. The van der Waals surface area contributed by atoms with Gasteiger partial charge in [0.25, 0.3) is 0 Å². The molecule has 0 aliphatic carbocycles. The predicted octanol–water partition coefficient (Wildman–Crippen LogP) is -0.507. The summed E-state index contributed by atoms with van der Waals surface area (Å²) in [5.74, 6) is -0.479. The van der Waals surface area contributed by atoms with Crippen LogP contribution in [0.25, 0.3) is 0 Å². The summed E-state index contributed by atoms with van der Waals surface area (Å²) in [7, 11) is 1.68. The zero-order valence-electron chi connectivity index (χ0n) is 9.31. The number of epoxide rings is 1. The van der Waals surface area contributed by atoms with E-state index in [0.717, 1.165) is 19.3 Å². The Kier molecular flexibility index (Phi) is 9.24. The van der Waals surface area contributed by atoms with E-state index in [2.05, 4.69) is 16.6 Å². The third-order valence-corrected chi connectivity index (χ3v) is 1.50. The second-order valence-corrected chi connectivity index (χ2v) is 2.85. The second kappa shape index (κ2) is 10.1. The molecule has 1 rings (SSSR count). The van der Waals surface area contributed by atoms with Gasteiger partial charge in [0.2, 0.25) is 6.41 Å². The minimum atomic E-state index is -0.479. The van der Waals surface area contributed by atoms with E-state index in [-0.39, 0.29) is 6.61 Å². The van der Waals surface area contributed by atoms with Crippen LogP contribution in [0.4, 0.5) is 0 Å². The third kappa shape index (κ3) is 10.7. The van der Waals surface area contributed by atoms with Crippen LogP contribution in [0.2, 0.25) is 0 Å². The third-order valence-electron chi connectivity index (χ3n) is 1.50. The first-order valence-corrected chi connectivity index (χ1v) is 4.81. The molecular weight excluding hydrogens is 214 g/mol. The van der Waals surface area contributed by atoms with Gasteiger partial charge in [0, 0.05) is 13.2 Å². The Bertz CT molecular complexity index is 215. The number of ether oxygens (including phenoxy) is 3. The molecule has 1 fully saturated rings. The molecule has 1 heterocycles. The summed E-state index contributed by atoms with van der Waals surface area (Å²) in [6.45, 7) is 5.38. The minimum Gasteiger partial charge on any atom is -0.461 e. The summed E-state index contributed by atoms with van der Waals surface area (Å²) in [6, 6.07) is 0. The maximum Gasteiger partial charge on any atom is 0.330 e. The van der Waals surface area contributed by atoms with Crippen molar-refractivity contribution in [3.63, 3.8) is 0 Å². The molecule has 0 aromatic carbocycles. The smallest absolute Gasteiger partial charge is 0.330 e. The first-order valence-electron chi connectivity index (χ1n) is 4.81. The number of carbonyl (C=O) groups excluding carboxylic acids is 2. The van der Waals surface area contributed by atoms with Gasteiger partial charge < -0.3 is 19.5 Å². The van der Waals surface area contributed by atoms with Crippen molar-refractivity contribution in [3.8, 4) is 0 Å². The molecule has 0 radical (unpaired) electrons. The van der Waals surface area contributed by atoms with E-state index in [1.54, 1.807) is 7.11 Å². The Morgan fingerprint density at radius 3 is 2.75 bits per heavy atom. The number of hydrogen-bond acceptors (Lipinski definition) is 5. The molecule has 0 aromatic heterocycles. The van der Waals surface area contributed by atoms with Crippen molar-refractivity contribution in [1.82, 2.24) is 5.32 Å². The van der Waals surface area contributed by atoms with Gasteiger partial charge >= 0.3 is 5.97 Å². The SMILES string of the molecule is C=CC(=O)OCCNC=O.COCC1CO1. The van der Waals surface area contributed by atoms with E-state index in [9.17, 15) is 9.59 Å².